The van der Waals surface area contributed by atoms with Gasteiger partial charge in [0.2, 0.25) is 5.95 Å². The first kappa shape index (κ1) is 13.7. The summed E-state index contributed by atoms with van der Waals surface area (Å²) in [6.45, 7) is 0. The lowest BCUT2D eigenvalue weighted by atomic mass is 10.1. The molecule has 2 aromatic rings. The molecule has 2 heterocycles. The van der Waals surface area contributed by atoms with E-state index in [2.05, 4.69) is 10.3 Å². The van der Waals surface area contributed by atoms with Gasteiger partial charge in [-0.1, -0.05) is 6.07 Å². The smallest absolute Gasteiger partial charge is 0.274 e. The van der Waals surface area contributed by atoms with Crippen molar-refractivity contribution in [3.8, 4) is 0 Å². The average molecular weight is 305 g/mol. The second-order valence-electron chi connectivity index (χ2n) is 4.73. The second kappa shape index (κ2) is 5.25. The Balaban J connectivity index is 1.92. The van der Waals surface area contributed by atoms with Crippen LogP contribution < -0.4 is 11.1 Å². The maximum atomic E-state index is 13.0. The van der Waals surface area contributed by atoms with Gasteiger partial charge in [-0.3, -0.25) is 9.59 Å². The van der Waals surface area contributed by atoms with Crippen LogP contribution >= 0.6 is 11.3 Å². The number of primary amides is 1. The van der Waals surface area contributed by atoms with Gasteiger partial charge in [0.05, 0.1) is 5.56 Å². The number of carbonyl (C=O) groups excluding carboxylic acids is 2. The van der Waals surface area contributed by atoms with Crippen LogP contribution in [0.3, 0.4) is 0 Å². The fourth-order valence-electron chi connectivity index (χ4n) is 2.45. The fraction of sp³-hybridized carbons (Fsp3) is 0.214. The first-order valence-corrected chi connectivity index (χ1v) is 7.26. The lowest BCUT2D eigenvalue weighted by molar-refractivity contribution is 0.100. The van der Waals surface area contributed by atoms with Crippen LogP contribution in [0, 0.1) is 5.95 Å². The Morgan fingerprint density at radius 3 is 2.86 bits per heavy atom. The maximum absolute atomic E-state index is 13.0. The van der Waals surface area contributed by atoms with Crippen molar-refractivity contribution in [2.45, 2.75) is 19.3 Å². The van der Waals surface area contributed by atoms with Gasteiger partial charge in [0, 0.05) is 4.88 Å². The summed E-state index contributed by atoms with van der Waals surface area (Å²) in [5.41, 5.74) is 6.67. The third-order valence-corrected chi connectivity index (χ3v) is 4.55. The monoisotopic (exact) mass is 305 g/mol. The van der Waals surface area contributed by atoms with E-state index in [1.54, 1.807) is 0 Å². The first-order valence-electron chi connectivity index (χ1n) is 6.44. The molecular weight excluding hydrogens is 293 g/mol. The Hall–Kier alpha value is -2.28. The van der Waals surface area contributed by atoms with Crippen molar-refractivity contribution in [2.24, 2.45) is 5.73 Å². The predicted molar refractivity (Wildman–Crippen MR) is 77.0 cm³/mol. The zero-order valence-corrected chi connectivity index (χ0v) is 11.8. The van der Waals surface area contributed by atoms with E-state index in [0.717, 1.165) is 35.8 Å². The van der Waals surface area contributed by atoms with E-state index in [9.17, 15) is 14.0 Å². The summed E-state index contributed by atoms with van der Waals surface area (Å²) in [5.74, 6) is -1.85. The van der Waals surface area contributed by atoms with Crippen LogP contribution in [-0.4, -0.2) is 16.8 Å². The highest BCUT2D eigenvalue weighted by Gasteiger charge is 2.26. The number of amides is 2. The Morgan fingerprint density at radius 2 is 2.14 bits per heavy atom. The van der Waals surface area contributed by atoms with Gasteiger partial charge in [-0.2, -0.15) is 4.39 Å². The molecule has 0 saturated heterocycles. The Kier molecular flexibility index (Phi) is 3.42. The minimum atomic E-state index is -0.730. The number of fused-ring (bicyclic) bond motifs is 1. The molecule has 0 fully saturated rings. The number of aryl methyl sites for hydroxylation is 1. The summed E-state index contributed by atoms with van der Waals surface area (Å²) >= 11 is 1.35. The van der Waals surface area contributed by atoms with Gasteiger partial charge in [-0.15, -0.1) is 11.3 Å². The van der Waals surface area contributed by atoms with E-state index in [4.69, 9.17) is 5.73 Å². The molecule has 0 unspecified atom stereocenters. The summed E-state index contributed by atoms with van der Waals surface area (Å²) in [4.78, 5) is 28.3. The quantitative estimate of drug-likeness (QED) is 0.852. The summed E-state index contributed by atoms with van der Waals surface area (Å²) in [6.07, 6.45) is 2.66. The Bertz CT molecular complexity index is 742. The van der Waals surface area contributed by atoms with E-state index in [1.165, 1.54) is 23.5 Å². The number of nitrogens with two attached hydrogens (primary N) is 1. The third-order valence-electron chi connectivity index (χ3n) is 3.34. The zero-order valence-electron chi connectivity index (χ0n) is 11.0. The molecule has 3 N–H and O–H groups in total. The van der Waals surface area contributed by atoms with Gasteiger partial charge in [0.25, 0.3) is 11.8 Å². The standard InChI is InChI=1S/C14H12FN3O2S/c15-10-6-2-4-8(17-10)13(20)18-14-11(12(16)19)7-3-1-5-9(7)21-14/h2,4,6H,1,3,5H2,(H2,16,19)(H,18,20). The fourth-order valence-corrected chi connectivity index (χ4v) is 3.74. The first-order chi connectivity index (χ1) is 10.1. The van der Waals surface area contributed by atoms with Crippen molar-refractivity contribution in [1.82, 2.24) is 4.98 Å². The van der Waals surface area contributed by atoms with Crippen molar-refractivity contribution in [1.29, 1.82) is 0 Å². The zero-order chi connectivity index (χ0) is 15.0. The molecule has 108 valence electrons. The molecule has 0 aliphatic heterocycles. The van der Waals surface area contributed by atoms with E-state index in [0.29, 0.717) is 10.6 Å². The highest BCUT2D eigenvalue weighted by molar-refractivity contribution is 7.17. The third kappa shape index (κ3) is 2.52. The molecule has 2 amide bonds. The Labute approximate surface area is 124 Å². The molecule has 3 rings (SSSR count). The molecule has 1 aliphatic rings. The predicted octanol–water partition coefficient (Wildman–Crippen LogP) is 2.12. The molecule has 0 bridgehead atoms. The number of rotatable bonds is 3. The van der Waals surface area contributed by atoms with Crippen LogP contribution in [0.25, 0.3) is 0 Å². The van der Waals surface area contributed by atoms with Crippen LogP contribution in [0.4, 0.5) is 9.39 Å². The average Bonchev–Trinajstić information content (AvgIpc) is 2.98. The number of nitrogens with one attached hydrogen (secondary N) is 1. The summed E-state index contributed by atoms with van der Waals surface area (Å²) < 4.78 is 13.0. The number of thiophene rings is 1. The lowest BCUT2D eigenvalue weighted by Gasteiger charge is -2.05. The lowest BCUT2D eigenvalue weighted by Crippen LogP contribution is -2.18. The molecule has 5 nitrogen and oxygen atoms in total. The highest BCUT2D eigenvalue weighted by atomic mass is 32.1. The van der Waals surface area contributed by atoms with Crippen molar-refractivity contribution in [3.63, 3.8) is 0 Å². The van der Waals surface area contributed by atoms with Gasteiger partial charge in [0.15, 0.2) is 0 Å². The summed E-state index contributed by atoms with van der Waals surface area (Å²) in [7, 11) is 0. The highest BCUT2D eigenvalue weighted by Crippen LogP contribution is 2.38. The summed E-state index contributed by atoms with van der Waals surface area (Å²) in [6, 6.07) is 3.97. The molecule has 0 radical (unpaired) electrons. The van der Waals surface area contributed by atoms with Gasteiger partial charge in [-0.05, 0) is 37.0 Å². The molecule has 7 heteroatoms. The Morgan fingerprint density at radius 1 is 1.33 bits per heavy atom. The number of hydrogen-bond donors (Lipinski definition) is 2. The van der Waals surface area contributed by atoms with E-state index in [1.807, 2.05) is 0 Å². The molecule has 0 saturated carbocycles. The number of carbonyl (C=O) groups is 2. The van der Waals surface area contributed by atoms with Crippen molar-refractivity contribution in [2.75, 3.05) is 5.32 Å². The molecule has 0 atom stereocenters. The number of pyridine rings is 1. The number of aromatic nitrogens is 1. The largest absolute Gasteiger partial charge is 0.365 e. The van der Waals surface area contributed by atoms with Gasteiger partial charge >= 0.3 is 0 Å². The van der Waals surface area contributed by atoms with E-state index < -0.39 is 17.8 Å². The van der Waals surface area contributed by atoms with Gasteiger partial charge < -0.3 is 11.1 Å². The van der Waals surface area contributed by atoms with Crippen LogP contribution in [0.5, 0.6) is 0 Å². The molecule has 0 spiro atoms. The normalized spacial score (nSPS) is 13.0. The van der Waals surface area contributed by atoms with Crippen LogP contribution in [-0.2, 0) is 12.8 Å². The maximum Gasteiger partial charge on any atom is 0.274 e. The van der Waals surface area contributed by atoms with Crippen LogP contribution in [0.2, 0.25) is 0 Å². The molecule has 0 aromatic carbocycles. The van der Waals surface area contributed by atoms with Crippen molar-refractivity contribution in [3.05, 3.63) is 45.8 Å². The van der Waals surface area contributed by atoms with Crippen molar-refractivity contribution >= 4 is 28.2 Å². The topological polar surface area (TPSA) is 85.1 Å². The van der Waals surface area contributed by atoms with Gasteiger partial charge in [-0.25, -0.2) is 4.98 Å². The summed E-state index contributed by atoms with van der Waals surface area (Å²) in [5, 5.41) is 3.03. The van der Waals surface area contributed by atoms with Crippen LogP contribution in [0.1, 0.15) is 37.7 Å². The molecule has 1 aliphatic carbocycles. The van der Waals surface area contributed by atoms with E-state index >= 15 is 0 Å². The number of halogens is 1. The number of anilines is 1. The molecular formula is C14H12FN3O2S. The SMILES string of the molecule is NC(=O)c1c(NC(=O)c2cccc(F)n2)sc2c1CCC2. The molecule has 2 aromatic heterocycles. The minimum absolute atomic E-state index is 0.0426. The minimum Gasteiger partial charge on any atom is -0.365 e. The van der Waals surface area contributed by atoms with E-state index in [-0.39, 0.29) is 5.69 Å². The number of nitrogens with zero attached hydrogens (tertiary/aromatic N) is 1. The molecule has 21 heavy (non-hydrogen) atoms. The number of hydrogen-bond acceptors (Lipinski definition) is 4. The van der Waals surface area contributed by atoms with Crippen LogP contribution in [0.15, 0.2) is 18.2 Å². The van der Waals surface area contributed by atoms with Gasteiger partial charge in [0.1, 0.15) is 10.7 Å². The second-order valence-corrected chi connectivity index (χ2v) is 5.83. The van der Waals surface area contributed by atoms with Crippen molar-refractivity contribution < 1.29 is 14.0 Å².